The Morgan fingerprint density at radius 3 is 2.69 bits per heavy atom. The van der Waals surface area contributed by atoms with Crippen molar-refractivity contribution in [3.05, 3.63) is 35.4 Å². The van der Waals surface area contributed by atoms with Gasteiger partial charge in [-0.1, -0.05) is 12.2 Å². The molecule has 0 aromatic heterocycles. The number of hydrogen-bond donors (Lipinski definition) is 1. The van der Waals surface area contributed by atoms with Gasteiger partial charge in [-0.3, -0.25) is 0 Å². The molecule has 0 bridgehead atoms. The zero-order chi connectivity index (χ0) is 9.84. The van der Waals surface area contributed by atoms with E-state index in [0.29, 0.717) is 0 Å². The SMILES string of the molecule is Nc1ccc(F)c(C=CCCl)c1F. The first-order valence-corrected chi connectivity index (χ1v) is 4.16. The highest BCUT2D eigenvalue weighted by molar-refractivity contribution is 6.19. The first kappa shape index (κ1) is 9.99. The average Bonchev–Trinajstić information content (AvgIpc) is 2.12. The number of alkyl halides is 1. The minimum atomic E-state index is -0.749. The molecule has 0 spiro atoms. The molecule has 1 rings (SSSR count). The summed E-state index contributed by atoms with van der Waals surface area (Å²) in [5, 5.41) is 0. The summed E-state index contributed by atoms with van der Waals surface area (Å²) in [4.78, 5) is 0. The van der Waals surface area contributed by atoms with Crippen molar-refractivity contribution in [2.75, 3.05) is 11.6 Å². The molecule has 0 aliphatic heterocycles. The van der Waals surface area contributed by atoms with Crippen LogP contribution < -0.4 is 5.73 Å². The molecule has 0 heterocycles. The molecule has 0 radical (unpaired) electrons. The van der Waals surface area contributed by atoms with Crippen molar-refractivity contribution in [1.29, 1.82) is 0 Å². The van der Waals surface area contributed by atoms with Gasteiger partial charge < -0.3 is 5.73 Å². The van der Waals surface area contributed by atoms with Crippen LogP contribution in [0.25, 0.3) is 6.08 Å². The normalized spacial score (nSPS) is 11.0. The van der Waals surface area contributed by atoms with Crippen LogP contribution in [-0.2, 0) is 0 Å². The molecule has 0 atom stereocenters. The van der Waals surface area contributed by atoms with Crippen molar-refractivity contribution in [1.82, 2.24) is 0 Å². The fourth-order valence-electron chi connectivity index (χ4n) is 0.901. The topological polar surface area (TPSA) is 26.0 Å². The van der Waals surface area contributed by atoms with Crippen LogP contribution in [0.4, 0.5) is 14.5 Å². The summed E-state index contributed by atoms with van der Waals surface area (Å²) in [5.41, 5.74) is 5.03. The third-order valence-corrected chi connectivity index (χ3v) is 1.71. The van der Waals surface area contributed by atoms with E-state index in [1.54, 1.807) is 0 Å². The highest BCUT2D eigenvalue weighted by atomic mass is 35.5. The number of anilines is 1. The number of rotatable bonds is 2. The molecule has 0 amide bonds. The third-order valence-electron chi connectivity index (χ3n) is 1.53. The Bertz CT molecular complexity index is 337. The predicted octanol–water partition coefficient (Wildman–Crippen LogP) is 2.80. The lowest BCUT2D eigenvalue weighted by Gasteiger charge is -2.01. The molecule has 0 aliphatic carbocycles. The number of allylic oxidation sites excluding steroid dienone is 1. The average molecular weight is 204 g/mol. The number of nitrogen functional groups attached to an aromatic ring is 1. The van der Waals surface area contributed by atoms with Crippen LogP contribution in [0.2, 0.25) is 0 Å². The summed E-state index contributed by atoms with van der Waals surface area (Å²) >= 11 is 5.33. The quantitative estimate of drug-likeness (QED) is 0.581. The van der Waals surface area contributed by atoms with E-state index in [1.807, 2.05) is 0 Å². The summed E-state index contributed by atoms with van der Waals surface area (Å²) in [6.07, 6.45) is 2.72. The van der Waals surface area contributed by atoms with Gasteiger partial charge in [0.05, 0.1) is 5.69 Å². The van der Waals surface area contributed by atoms with E-state index < -0.39 is 11.6 Å². The molecule has 0 aliphatic rings. The second-order valence-corrected chi connectivity index (χ2v) is 2.73. The lowest BCUT2D eigenvalue weighted by atomic mass is 10.1. The van der Waals surface area contributed by atoms with Crippen LogP contribution >= 0.6 is 11.6 Å². The molecule has 70 valence electrons. The summed E-state index contributed by atoms with van der Waals surface area (Å²) < 4.78 is 26.1. The van der Waals surface area contributed by atoms with Gasteiger partial charge in [0.2, 0.25) is 0 Å². The number of hydrogen-bond acceptors (Lipinski definition) is 1. The van der Waals surface area contributed by atoms with E-state index in [-0.39, 0.29) is 17.1 Å². The molecule has 0 unspecified atom stereocenters. The maximum absolute atomic E-state index is 13.1. The van der Waals surface area contributed by atoms with Crippen LogP contribution in [0.15, 0.2) is 18.2 Å². The fraction of sp³-hybridized carbons (Fsp3) is 0.111. The number of halogens is 3. The number of benzene rings is 1. The highest BCUT2D eigenvalue weighted by Crippen LogP contribution is 2.19. The maximum Gasteiger partial charge on any atom is 0.156 e. The molecule has 4 heteroatoms. The second kappa shape index (κ2) is 4.23. The van der Waals surface area contributed by atoms with Crippen molar-refractivity contribution in [3.63, 3.8) is 0 Å². The van der Waals surface area contributed by atoms with E-state index in [9.17, 15) is 8.78 Å². The molecule has 0 fully saturated rings. The molecule has 0 saturated heterocycles. The Labute approximate surface area is 79.8 Å². The van der Waals surface area contributed by atoms with Crippen molar-refractivity contribution in [2.45, 2.75) is 0 Å². The third kappa shape index (κ3) is 2.18. The van der Waals surface area contributed by atoms with Crippen LogP contribution in [0.3, 0.4) is 0 Å². The molecular weight excluding hydrogens is 196 g/mol. The minimum absolute atomic E-state index is 0.0735. The Morgan fingerprint density at radius 1 is 1.38 bits per heavy atom. The molecule has 1 aromatic carbocycles. The van der Waals surface area contributed by atoms with Crippen molar-refractivity contribution in [2.24, 2.45) is 0 Å². The van der Waals surface area contributed by atoms with Crippen LogP contribution in [-0.4, -0.2) is 5.88 Å². The fourth-order valence-corrected chi connectivity index (χ4v) is 0.990. The van der Waals surface area contributed by atoms with E-state index >= 15 is 0 Å². The summed E-state index contributed by atoms with van der Waals surface area (Å²) in [7, 11) is 0. The van der Waals surface area contributed by atoms with Gasteiger partial charge in [-0.25, -0.2) is 8.78 Å². The molecule has 0 saturated carbocycles. The lowest BCUT2D eigenvalue weighted by Crippen LogP contribution is -1.96. The van der Waals surface area contributed by atoms with Crippen molar-refractivity contribution in [3.8, 4) is 0 Å². The zero-order valence-corrected chi connectivity index (χ0v) is 7.48. The van der Waals surface area contributed by atoms with Gasteiger partial charge in [-0.15, -0.1) is 11.6 Å². The molecule has 13 heavy (non-hydrogen) atoms. The Kier molecular flexibility index (Phi) is 3.25. The molecule has 1 nitrogen and oxygen atoms in total. The monoisotopic (exact) mass is 203 g/mol. The summed E-state index contributed by atoms with van der Waals surface area (Å²) in [5.74, 6) is -1.19. The van der Waals surface area contributed by atoms with Gasteiger partial charge in [0.1, 0.15) is 5.82 Å². The minimum Gasteiger partial charge on any atom is -0.396 e. The Hall–Kier alpha value is -1.09. The van der Waals surface area contributed by atoms with Gasteiger partial charge in [0.15, 0.2) is 5.82 Å². The first-order valence-electron chi connectivity index (χ1n) is 3.62. The lowest BCUT2D eigenvalue weighted by molar-refractivity contribution is 0.581. The van der Waals surface area contributed by atoms with Crippen molar-refractivity contribution < 1.29 is 8.78 Å². The molecule has 1 aromatic rings. The summed E-state index contributed by atoms with van der Waals surface area (Å²) in [6, 6.07) is 2.30. The van der Waals surface area contributed by atoms with Gasteiger partial charge >= 0.3 is 0 Å². The second-order valence-electron chi connectivity index (χ2n) is 2.42. The maximum atomic E-state index is 13.1. The van der Waals surface area contributed by atoms with E-state index in [4.69, 9.17) is 17.3 Å². The summed E-state index contributed by atoms with van der Waals surface area (Å²) in [6.45, 7) is 0. The van der Waals surface area contributed by atoms with Crippen LogP contribution in [0, 0.1) is 11.6 Å². The van der Waals surface area contributed by atoms with Crippen molar-refractivity contribution >= 4 is 23.4 Å². The molecular formula is C9H8ClF2N. The van der Waals surface area contributed by atoms with Crippen LogP contribution in [0.1, 0.15) is 5.56 Å². The Balaban J connectivity index is 3.17. The van der Waals surface area contributed by atoms with E-state index in [2.05, 4.69) is 0 Å². The van der Waals surface area contributed by atoms with Gasteiger partial charge in [-0.05, 0) is 12.1 Å². The van der Waals surface area contributed by atoms with Gasteiger partial charge in [-0.2, -0.15) is 0 Å². The van der Waals surface area contributed by atoms with Gasteiger partial charge in [0, 0.05) is 11.4 Å². The van der Waals surface area contributed by atoms with E-state index in [1.165, 1.54) is 18.2 Å². The largest absolute Gasteiger partial charge is 0.396 e. The van der Waals surface area contributed by atoms with Gasteiger partial charge in [0.25, 0.3) is 0 Å². The Morgan fingerprint density at radius 2 is 2.08 bits per heavy atom. The van der Waals surface area contributed by atoms with E-state index in [0.717, 1.165) is 6.07 Å². The van der Waals surface area contributed by atoms with Crippen LogP contribution in [0.5, 0.6) is 0 Å². The standard InChI is InChI=1S/C9H8ClF2N/c10-5-1-2-6-7(11)3-4-8(13)9(6)12/h1-4H,5,13H2. The zero-order valence-electron chi connectivity index (χ0n) is 6.73. The predicted molar refractivity (Wildman–Crippen MR) is 50.5 cm³/mol. The number of nitrogens with two attached hydrogens (primary N) is 1. The first-order chi connectivity index (χ1) is 6.16. The molecule has 2 N–H and O–H groups in total. The smallest absolute Gasteiger partial charge is 0.156 e. The highest BCUT2D eigenvalue weighted by Gasteiger charge is 2.08.